The quantitative estimate of drug-likeness (QED) is 0.558. The van der Waals surface area contributed by atoms with Crippen LogP contribution in [0.4, 0.5) is 10.3 Å². The topological polar surface area (TPSA) is 59.2 Å². The van der Waals surface area contributed by atoms with Crippen molar-refractivity contribution < 1.29 is 4.39 Å². The zero-order valence-electron chi connectivity index (χ0n) is 14.5. The fraction of sp³-hybridized carbons (Fsp3) is 0.200. The zero-order valence-corrected chi connectivity index (χ0v) is 14.5. The maximum atomic E-state index is 13.5. The van der Waals surface area contributed by atoms with Crippen LogP contribution in [-0.4, -0.2) is 31.3 Å². The summed E-state index contributed by atoms with van der Waals surface area (Å²) in [6, 6.07) is 12.4. The molecule has 134 valence electrons. The Morgan fingerprint density at radius 2 is 1.89 bits per heavy atom. The van der Waals surface area contributed by atoms with E-state index in [1.54, 1.807) is 23.0 Å². The number of aromatic nitrogens is 5. The minimum Gasteiger partial charge on any atom is -0.332 e. The first-order valence-corrected chi connectivity index (χ1v) is 8.94. The van der Waals surface area contributed by atoms with Crippen LogP contribution in [0.15, 0.2) is 61.1 Å². The van der Waals surface area contributed by atoms with Gasteiger partial charge in [-0.2, -0.15) is 0 Å². The first-order valence-electron chi connectivity index (χ1n) is 8.94. The van der Waals surface area contributed by atoms with Gasteiger partial charge in [-0.15, -0.1) is 5.10 Å². The maximum absolute atomic E-state index is 13.5. The molecule has 1 aliphatic heterocycles. The van der Waals surface area contributed by atoms with Crippen molar-refractivity contribution in [2.75, 3.05) is 11.4 Å². The largest absolute Gasteiger partial charge is 0.332 e. The van der Waals surface area contributed by atoms with Crippen molar-refractivity contribution in [1.29, 1.82) is 0 Å². The highest BCUT2D eigenvalue weighted by Crippen LogP contribution is 2.35. The molecule has 0 saturated carbocycles. The van der Waals surface area contributed by atoms with Crippen LogP contribution in [0, 0.1) is 5.82 Å². The second-order valence-corrected chi connectivity index (χ2v) is 6.63. The van der Waals surface area contributed by atoms with Crippen molar-refractivity contribution in [2.24, 2.45) is 0 Å². The molecule has 4 aromatic rings. The second-order valence-electron chi connectivity index (χ2n) is 6.63. The van der Waals surface area contributed by atoms with E-state index in [0.29, 0.717) is 0 Å². The van der Waals surface area contributed by atoms with Gasteiger partial charge in [0, 0.05) is 30.7 Å². The highest BCUT2D eigenvalue weighted by atomic mass is 19.1. The maximum Gasteiger partial charge on any atom is 0.225 e. The van der Waals surface area contributed by atoms with Gasteiger partial charge in [-0.05, 0) is 42.7 Å². The fourth-order valence-corrected chi connectivity index (χ4v) is 3.72. The van der Waals surface area contributed by atoms with E-state index in [0.717, 1.165) is 47.7 Å². The third-order valence-electron chi connectivity index (χ3n) is 4.98. The molecule has 0 unspecified atom stereocenters. The summed E-state index contributed by atoms with van der Waals surface area (Å²) in [4.78, 5) is 11.0. The summed E-state index contributed by atoms with van der Waals surface area (Å²) in [5.41, 5.74) is 3.58. The van der Waals surface area contributed by atoms with Gasteiger partial charge in [0.25, 0.3) is 0 Å². The van der Waals surface area contributed by atoms with Crippen molar-refractivity contribution in [1.82, 2.24) is 24.8 Å². The number of hydrogen-bond donors (Lipinski definition) is 0. The van der Waals surface area contributed by atoms with Crippen molar-refractivity contribution in [2.45, 2.75) is 18.9 Å². The van der Waals surface area contributed by atoms with Crippen LogP contribution in [0.1, 0.15) is 24.6 Å². The van der Waals surface area contributed by atoms with Crippen LogP contribution >= 0.6 is 0 Å². The third-order valence-corrected chi connectivity index (χ3v) is 4.98. The van der Waals surface area contributed by atoms with Gasteiger partial charge >= 0.3 is 0 Å². The van der Waals surface area contributed by atoms with Gasteiger partial charge in [0.15, 0.2) is 0 Å². The molecule has 0 N–H and O–H groups in total. The van der Waals surface area contributed by atoms with Gasteiger partial charge < -0.3 is 4.90 Å². The summed E-state index contributed by atoms with van der Waals surface area (Å²) in [7, 11) is 0. The summed E-state index contributed by atoms with van der Waals surface area (Å²) >= 11 is 0. The Morgan fingerprint density at radius 3 is 2.74 bits per heavy atom. The Morgan fingerprint density at radius 1 is 1.00 bits per heavy atom. The predicted octanol–water partition coefficient (Wildman–Crippen LogP) is 3.67. The molecular formula is C20H17FN6. The van der Waals surface area contributed by atoms with Crippen molar-refractivity contribution >= 4 is 11.5 Å². The fourth-order valence-electron chi connectivity index (χ4n) is 3.72. The summed E-state index contributed by atoms with van der Waals surface area (Å²) in [6.07, 6.45) is 7.44. The lowest BCUT2D eigenvalue weighted by Gasteiger charge is -2.22. The highest BCUT2D eigenvalue weighted by molar-refractivity contribution is 5.66. The standard InChI is InChI=1S/C20H17FN6/c21-16-5-1-4-14(12-16)15-7-8-18-19(24-25-27(18)13-15)17-6-2-11-26(17)20-22-9-3-10-23-20/h1,3-5,7-10,12-13,17H,2,6,11H2/t17-/m0/s1. The zero-order chi connectivity index (χ0) is 18.2. The Hall–Kier alpha value is -3.35. The average molecular weight is 360 g/mol. The molecular weight excluding hydrogens is 343 g/mol. The van der Waals surface area contributed by atoms with Crippen molar-refractivity contribution in [3.05, 3.63) is 72.6 Å². The number of anilines is 1. The number of nitrogens with zero attached hydrogens (tertiary/aromatic N) is 6. The molecule has 6 nitrogen and oxygen atoms in total. The Bertz CT molecular complexity index is 1090. The molecule has 7 heteroatoms. The number of benzene rings is 1. The first-order chi connectivity index (χ1) is 13.3. The number of halogens is 1. The Kier molecular flexibility index (Phi) is 3.78. The highest BCUT2D eigenvalue weighted by Gasteiger charge is 2.31. The lowest BCUT2D eigenvalue weighted by Crippen LogP contribution is -2.24. The molecule has 1 aliphatic rings. The van der Waals surface area contributed by atoms with Crippen LogP contribution < -0.4 is 4.90 Å². The summed E-state index contributed by atoms with van der Waals surface area (Å²) in [6.45, 7) is 0.898. The van der Waals surface area contributed by atoms with Crippen LogP contribution in [0.25, 0.3) is 16.6 Å². The van der Waals surface area contributed by atoms with E-state index in [2.05, 4.69) is 25.2 Å². The van der Waals surface area contributed by atoms with E-state index >= 15 is 0 Å². The number of pyridine rings is 1. The second kappa shape index (κ2) is 6.42. The molecule has 1 atom stereocenters. The Labute approximate surface area is 155 Å². The van der Waals surface area contributed by atoms with Gasteiger partial charge in [-0.3, -0.25) is 0 Å². The van der Waals surface area contributed by atoms with Gasteiger partial charge in [0.05, 0.1) is 11.6 Å². The van der Waals surface area contributed by atoms with E-state index in [1.165, 1.54) is 12.1 Å². The molecule has 0 bridgehead atoms. The van der Waals surface area contributed by atoms with Gasteiger partial charge in [-0.1, -0.05) is 23.4 Å². The molecule has 1 aromatic carbocycles. The first kappa shape index (κ1) is 15.9. The SMILES string of the molecule is Fc1cccc(-c2ccc3c([C@@H]4CCCN4c4ncccn4)nnn3c2)c1. The lowest BCUT2D eigenvalue weighted by atomic mass is 10.1. The minimum atomic E-state index is -0.253. The van der Waals surface area contributed by atoms with E-state index < -0.39 is 0 Å². The van der Waals surface area contributed by atoms with Crippen LogP contribution in [0.2, 0.25) is 0 Å². The van der Waals surface area contributed by atoms with E-state index in [9.17, 15) is 4.39 Å². The third kappa shape index (κ3) is 2.81. The molecule has 27 heavy (non-hydrogen) atoms. The normalized spacial score (nSPS) is 16.9. The molecule has 0 amide bonds. The molecule has 1 fully saturated rings. The molecule has 4 heterocycles. The lowest BCUT2D eigenvalue weighted by molar-refractivity contribution is 0.628. The predicted molar refractivity (Wildman–Crippen MR) is 99.7 cm³/mol. The number of rotatable bonds is 3. The minimum absolute atomic E-state index is 0.102. The summed E-state index contributed by atoms with van der Waals surface area (Å²) < 4.78 is 15.3. The molecule has 0 spiro atoms. The molecule has 0 radical (unpaired) electrons. The summed E-state index contributed by atoms with van der Waals surface area (Å²) in [5, 5.41) is 8.75. The number of hydrogen-bond acceptors (Lipinski definition) is 5. The van der Waals surface area contributed by atoms with Gasteiger partial charge in [0.2, 0.25) is 5.95 Å². The van der Waals surface area contributed by atoms with Crippen LogP contribution in [0.3, 0.4) is 0 Å². The monoisotopic (exact) mass is 360 g/mol. The van der Waals surface area contributed by atoms with Crippen LogP contribution in [-0.2, 0) is 0 Å². The molecule has 0 aliphatic carbocycles. The molecule has 5 rings (SSSR count). The average Bonchev–Trinajstić information content (AvgIpc) is 3.35. The molecule has 1 saturated heterocycles. The summed E-state index contributed by atoms with van der Waals surface area (Å²) in [5.74, 6) is 0.467. The number of fused-ring (bicyclic) bond motifs is 1. The Balaban J connectivity index is 1.53. The van der Waals surface area contributed by atoms with Gasteiger partial charge in [0.1, 0.15) is 11.5 Å². The van der Waals surface area contributed by atoms with Crippen molar-refractivity contribution in [3.63, 3.8) is 0 Å². The van der Waals surface area contributed by atoms with E-state index in [1.807, 2.05) is 30.5 Å². The van der Waals surface area contributed by atoms with E-state index in [-0.39, 0.29) is 11.9 Å². The van der Waals surface area contributed by atoms with Crippen LogP contribution in [0.5, 0.6) is 0 Å². The molecule has 3 aromatic heterocycles. The van der Waals surface area contributed by atoms with Gasteiger partial charge in [-0.25, -0.2) is 18.9 Å². The van der Waals surface area contributed by atoms with Crippen molar-refractivity contribution in [3.8, 4) is 11.1 Å². The van der Waals surface area contributed by atoms with E-state index in [4.69, 9.17) is 0 Å². The smallest absolute Gasteiger partial charge is 0.225 e.